The smallest absolute Gasteiger partial charge is 0.328 e. The van der Waals surface area contributed by atoms with E-state index in [1.54, 1.807) is 12.4 Å². The van der Waals surface area contributed by atoms with E-state index in [4.69, 9.17) is 5.11 Å². The SMILES string of the molecule is CC1(C)CCN(c2ncc(/C=C/C(=O)O)cn2)C1. The van der Waals surface area contributed by atoms with Crippen LogP contribution in [0.2, 0.25) is 0 Å². The number of nitrogens with zero attached hydrogens (tertiary/aromatic N) is 3. The third-order valence-corrected chi connectivity index (χ3v) is 3.04. The van der Waals surface area contributed by atoms with Crippen LogP contribution in [0.5, 0.6) is 0 Å². The second-order valence-electron chi connectivity index (χ2n) is 5.32. The fourth-order valence-corrected chi connectivity index (χ4v) is 2.03. The quantitative estimate of drug-likeness (QED) is 0.825. The molecule has 0 radical (unpaired) electrons. The number of hydrogen-bond donors (Lipinski definition) is 1. The summed E-state index contributed by atoms with van der Waals surface area (Å²) in [4.78, 5) is 21.1. The van der Waals surface area contributed by atoms with E-state index < -0.39 is 5.97 Å². The lowest BCUT2D eigenvalue weighted by molar-refractivity contribution is -0.131. The van der Waals surface area contributed by atoms with Gasteiger partial charge in [0.05, 0.1) is 0 Å². The molecule has 2 rings (SSSR count). The van der Waals surface area contributed by atoms with Gasteiger partial charge in [0.15, 0.2) is 0 Å². The Balaban J connectivity index is 2.06. The normalized spacial score (nSPS) is 18.4. The molecule has 0 unspecified atom stereocenters. The molecule has 5 nitrogen and oxygen atoms in total. The summed E-state index contributed by atoms with van der Waals surface area (Å²) in [5.41, 5.74) is 1.00. The third-order valence-electron chi connectivity index (χ3n) is 3.04. The number of rotatable bonds is 3. The zero-order chi connectivity index (χ0) is 13.2. The number of aromatic nitrogens is 2. The zero-order valence-electron chi connectivity index (χ0n) is 10.6. The molecule has 1 aromatic rings. The van der Waals surface area contributed by atoms with E-state index in [1.807, 2.05) is 0 Å². The Kier molecular flexibility index (Phi) is 3.32. The molecule has 1 aromatic heterocycles. The fraction of sp³-hybridized carbons (Fsp3) is 0.462. The predicted molar refractivity (Wildman–Crippen MR) is 69.3 cm³/mol. The maximum atomic E-state index is 10.4. The summed E-state index contributed by atoms with van der Waals surface area (Å²) in [6.45, 7) is 6.39. The van der Waals surface area contributed by atoms with Crippen molar-refractivity contribution in [1.82, 2.24) is 9.97 Å². The predicted octanol–water partition coefficient (Wildman–Crippen LogP) is 1.81. The van der Waals surface area contributed by atoms with Gasteiger partial charge in [0, 0.05) is 37.1 Å². The lowest BCUT2D eigenvalue weighted by Gasteiger charge is -2.19. The van der Waals surface area contributed by atoms with Crippen molar-refractivity contribution in [3.63, 3.8) is 0 Å². The molecule has 2 heterocycles. The van der Waals surface area contributed by atoms with Gasteiger partial charge in [-0.25, -0.2) is 14.8 Å². The topological polar surface area (TPSA) is 66.3 Å². The number of hydrogen-bond acceptors (Lipinski definition) is 4. The molecule has 1 N–H and O–H groups in total. The molecular formula is C13H17N3O2. The molecule has 0 aliphatic carbocycles. The first-order valence-corrected chi connectivity index (χ1v) is 5.94. The Hall–Kier alpha value is -1.91. The Labute approximate surface area is 106 Å². The maximum Gasteiger partial charge on any atom is 0.328 e. The van der Waals surface area contributed by atoms with Crippen molar-refractivity contribution in [2.75, 3.05) is 18.0 Å². The van der Waals surface area contributed by atoms with E-state index >= 15 is 0 Å². The summed E-state index contributed by atoms with van der Waals surface area (Å²) < 4.78 is 0. The van der Waals surface area contributed by atoms with Gasteiger partial charge >= 0.3 is 5.97 Å². The van der Waals surface area contributed by atoms with Crippen LogP contribution in [0.15, 0.2) is 18.5 Å². The van der Waals surface area contributed by atoms with Gasteiger partial charge in [-0.15, -0.1) is 0 Å². The van der Waals surface area contributed by atoms with Crippen molar-refractivity contribution < 1.29 is 9.90 Å². The minimum Gasteiger partial charge on any atom is -0.478 e. The minimum atomic E-state index is -0.972. The lowest BCUT2D eigenvalue weighted by atomic mass is 9.93. The van der Waals surface area contributed by atoms with E-state index in [0.29, 0.717) is 16.9 Å². The van der Waals surface area contributed by atoms with E-state index in [-0.39, 0.29) is 0 Å². The van der Waals surface area contributed by atoms with Gasteiger partial charge in [0.25, 0.3) is 0 Å². The zero-order valence-corrected chi connectivity index (χ0v) is 10.6. The van der Waals surface area contributed by atoms with Crippen molar-refractivity contribution in [3.8, 4) is 0 Å². The Morgan fingerprint density at radius 3 is 2.61 bits per heavy atom. The van der Waals surface area contributed by atoms with Crippen molar-refractivity contribution in [3.05, 3.63) is 24.0 Å². The molecule has 1 saturated heterocycles. The first-order chi connectivity index (χ1) is 8.46. The van der Waals surface area contributed by atoms with Crippen LogP contribution >= 0.6 is 0 Å². The molecule has 0 aromatic carbocycles. The van der Waals surface area contributed by atoms with Gasteiger partial charge in [0.1, 0.15) is 0 Å². The molecule has 0 bridgehead atoms. The van der Waals surface area contributed by atoms with Crippen LogP contribution in [0.25, 0.3) is 6.08 Å². The van der Waals surface area contributed by atoms with Crippen LogP contribution in [0.1, 0.15) is 25.8 Å². The minimum absolute atomic E-state index is 0.311. The van der Waals surface area contributed by atoms with Gasteiger partial charge in [-0.1, -0.05) is 13.8 Å². The summed E-state index contributed by atoms with van der Waals surface area (Å²) in [6, 6.07) is 0. The molecule has 1 aliphatic rings. The molecular weight excluding hydrogens is 230 g/mol. The van der Waals surface area contributed by atoms with Crippen molar-refractivity contribution in [2.45, 2.75) is 20.3 Å². The molecule has 0 spiro atoms. The molecule has 1 fully saturated rings. The van der Waals surface area contributed by atoms with Crippen molar-refractivity contribution >= 4 is 18.0 Å². The van der Waals surface area contributed by atoms with Gasteiger partial charge in [-0.2, -0.15) is 0 Å². The Bertz CT molecular complexity index is 466. The summed E-state index contributed by atoms with van der Waals surface area (Å²) in [5.74, 6) is -0.256. The van der Waals surface area contributed by atoms with E-state index in [2.05, 4.69) is 28.7 Å². The monoisotopic (exact) mass is 247 g/mol. The first kappa shape index (κ1) is 12.5. The van der Waals surface area contributed by atoms with Crippen LogP contribution < -0.4 is 4.90 Å². The van der Waals surface area contributed by atoms with Crippen LogP contribution in [-0.4, -0.2) is 34.1 Å². The molecule has 96 valence electrons. The number of carboxylic acids is 1. The van der Waals surface area contributed by atoms with Crippen LogP contribution in [0.4, 0.5) is 5.95 Å². The highest BCUT2D eigenvalue weighted by Crippen LogP contribution is 2.30. The average molecular weight is 247 g/mol. The average Bonchev–Trinajstić information content (AvgIpc) is 2.68. The summed E-state index contributed by atoms with van der Waals surface area (Å²) in [6.07, 6.45) is 6.99. The summed E-state index contributed by atoms with van der Waals surface area (Å²) in [5, 5.41) is 8.52. The van der Waals surface area contributed by atoms with E-state index in [9.17, 15) is 4.79 Å². The van der Waals surface area contributed by atoms with E-state index in [0.717, 1.165) is 25.6 Å². The highest BCUT2D eigenvalue weighted by atomic mass is 16.4. The summed E-state index contributed by atoms with van der Waals surface area (Å²) >= 11 is 0. The van der Waals surface area contributed by atoms with Gasteiger partial charge < -0.3 is 10.0 Å². The van der Waals surface area contributed by atoms with Gasteiger partial charge in [0.2, 0.25) is 5.95 Å². The molecule has 0 atom stereocenters. The van der Waals surface area contributed by atoms with Crippen molar-refractivity contribution in [2.24, 2.45) is 5.41 Å². The Morgan fingerprint density at radius 1 is 1.44 bits per heavy atom. The second kappa shape index (κ2) is 4.76. The second-order valence-corrected chi connectivity index (χ2v) is 5.32. The highest BCUT2D eigenvalue weighted by molar-refractivity contribution is 5.85. The third kappa shape index (κ3) is 3.06. The number of aliphatic carboxylic acids is 1. The number of anilines is 1. The maximum absolute atomic E-state index is 10.4. The molecule has 0 saturated carbocycles. The fourth-order valence-electron chi connectivity index (χ4n) is 2.03. The largest absolute Gasteiger partial charge is 0.478 e. The number of carboxylic acid groups (broad SMARTS) is 1. The van der Waals surface area contributed by atoms with Crippen LogP contribution in [0.3, 0.4) is 0 Å². The van der Waals surface area contributed by atoms with Crippen LogP contribution in [-0.2, 0) is 4.79 Å². The highest BCUT2D eigenvalue weighted by Gasteiger charge is 2.30. The van der Waals surface area contributed by atoms with Gasteiger partial charge in [-0.3, -0.25) is 0 Å². The molecule has 18 heavy (non-hydrogen) atoms. The van der Waals surface area contributed by atoms with Crippen LogP contribution in [0, 0.1) is 5.41 Å². The standard InChI is InChI=1S/C13H17N3O2/c1-13(2)5-6-16(9-13)12-14-7-10(8-15-12)3-4-11(17)18/h3-4,7-8H,5-6,9H2,1-2H3,(H,17,18)/b4-3+. The van der Waals surface area contributed by atoms with Gasteiger partial charge in [-0.05, 0) is 17.9 Å². The molecule has 1 aliphatic heterocycles. The Morgan fingerprint density at radius 2 is 2.11 bits per heavy atom. The van der Waals surface area contributed by atoms with Crippen molar-refractivity contribution in [1.29, 1.82) is 0 Å². The molecule has 5 heteroatoms. The lowest BCUT2D eigenvalue weighted by Crippen LogP contribution is -2.24. The summed E-state index contributed by atoms with van der Waals surface area (Å²) in [7, 11) is 0. The van der Waals surface area contributed by atoms with E-state index in [1.165, 1.54) is 6.08 Å². The molecule has 0 amide bonds. The number of carbonyl (C=O) groups is 1. The first-order valence-electron chi connectivity index (χ1n) is 5.94.